The summed E-state index contributed by atoms with van der Waals surface area (Å²) < 4.78 is 3.86. The van der Waals surface area contributed by atoms with E-state index in [2.05, 4.69) is 9.36 Å². The monoisotopic (exact) mass is 198 g/mol. The molecule has 0 saturated heterocycles. The number of carboxylic acids is 1. The highest BCUT2D eigenvalue weighted by Crippen LogP contribution is 2.41. The van der Waals surface area contributed by atoms with E-state index in [0.29, 0.717) is 17.8 Å². The van der Waals surface area contributed by atoms with Crippen LogP contribution in [0.15, 0.2) is 6.33 Å². The van der Waals surface area contributed by atoms with Gasteiger partial charge in [0, 0.05) is 0 Å². The van der Waals surface area contributed by atoms with Crippen LogP contribution in [0.25, 0.3) is 0 Å². The molecule has 2 rings (SSSR count). The number of aliphatic carboxylic acids is 1. The Morgan fingerprint density at radius 3 is 2.69 bits per heavy atom. The number of nitrogens with zero attached hydrogens (tertiary/aromatic N) is 2. The summed E-state index contributed by atoms with van der Waals surface area (Å²) in [7, 11) is 0. The number of aromatic nitrogens is 2. The van der Waals surface area contributed by atoms with Crippen molar-refractivity contribution in [1.29, 1.82) is 0 Å². The summed E-state index contributed by atoms with van der Waals surface area (Å²) in [5.41, 5.74) is -0.721. The zero-order valence-electron chi connectivity index (χ0n) is 7.06. The maximum absolute atomic E-state index is 11.2. The van der Waals surface area contributed by atoms with E-state index >= 15 is 0 Å². The predicted molar refractivity (Wildman–Crippen MR) is 47.7 cm³/mol. The summed E-state index contributed by atoms with van der Waals surface area (Å²) in [5.74, 6) is -0.748. The van der Waals surface area contributed by atoms with Gasteiger partial charge in [0.05, 0.1) is 0 Å². The molecule has 0 bridgehead atoms. The van der Waals surface area contributed by atoms with E-state index in [1.165, 1.54) is 17.9 Å². The zero-order valence-corrected chi connectivity index (χ0v) is 7.88. The molecule has 1 heterocycles. The molecule has 0 atom stereocenters. The molecule has 0 unspecified atom stereocenters. The molecule has 0 spiro atoms. The minimum atomic E-state index is -0.748. The molecule has 0 amide bonds. The van der Waals surface area contributed by atoms with E-state index in [1.807, 2.05) is 0 Å². The van der Waals surface area contributed by atoms with Crippen molar-refractivity contribution < 1.29 is 9.90 Å². The molecule has 1 aliphatic rings. The molecule has 1 aromatic rings. The molecule has 0 radical (unpaired) electrons. The Kier molecular flexibility index (Phi) is 2.03. The van der Waals surface area contributed by atoms with Gasteiger partial charge in [-0.2, -0.15) is 4.37 Å². The Morgan fingerprint density at radius 2 is 2.23 bits per heavy atom. The number of hydrogen-bond donors (Lipinski definition) is 1. The summed E-state index contributed by atoms with van der Waals surface area (Å²) in [6, 6.07) is 0. The third-order valence-corrected chi connectivity index (χ3v) is 3.51. The first-order valence-electron chi connectivity index (χ1n) is 4.26. The molecule has 0 aromatic carbocycles. The van der Waals surface area contributed by atoms with Crippen LogP contribution < -0.4 is 0 Å². The lowest BCUT2D eigenvalue weighted by Gasteiger charge is -2.19. The highest BCUT2D eigenvalue weighted by atomic mass is 32.1. The average molecular weight is 198 g/mol. The van der Waals surface area contributed by atoms with Gasteiger partial charge in [0.25, 0.3) is 0 Å². The summed E-state index contributed by atoms with van der Waals surface area (Å²) >= 11 is 1.21. The summed E-state index contributed by atoms with van der Waals surface area (Å²) in [5, 5.41) is 9.84. The number of carboxylic acid groups (broad SMARTS) is 1. The molecule has 70 valence electrons. The summed E-state index contributed by atoms with van der Waals surface area (Å²) in [6.45, 7) is 0. The fraction of sp³-hybridized carbons (Fsp3) is 0.625. The van der Waals surface area contributed by atoms with E-state index < -0.39 is 11.4 Å². The maximum Gasteiger partial charge on any atom is 0.316 e. The lowest BCUT2D eigenvalue weighted by molar-refractivity contribution is -0.143. The van der Waals surface area contributed by atoms with Crippen LogP contribution in [0.1, 0.15) is 30.7 Å². The molecule has 1 saturated carbocycles. The summed E-state index contributed by atoms with van der Waals surface area (Å²) in [6.07, 6.45) is 4.80. The largest absolute Gasteiger partial charge is 0.481 e. The molecular weight excluding hydrogens is 188 g/mol. The van der Waals surface area contributed by atoms with Crippen molar-refractivity contribution in [2.24, 2.45) is 0 Å². The van der Waals surface area contributed by atoms with Gasteiger partial charge in [-0.05, 0) is 24.4 Å². The second-order valence-corrected chi connectivity index (χ2v) is 4.12. The highest BCUT2D eigenvalue weighted by molar-refractivity contribution is 7.05. The van der Waals surface area contributed by atoms with Crippen LogP contribution in [0.5, 0.6) is 0 Å². The van der Waals surface area contributed by atoms with Gasteiger partial charge in [-0.15, -0.1) is 0 Å². The molecule has 1 N–H and O–H groups in total. The highest BCUT2D eigenvalue weighted by Gasteiger charge is 2.45. The Bertz CT molecular complexity index is 304. The average Bonchev–Trinajstić information content (AvgIpc) is 2.75. The molecular formula is C8H10N2O2S. The van der Waals surface area contributed by atoms with Gasteiger partial charge in [0.1, 0.15) is 16.7 Å². The smallest absolute Gasteiger partial charge is 0.316 e. The van der Waals surface area contributed by atoms with Gasteiger partial charge >= 0.3 is 5.97 Å². The number of carbonyl (C=O) groups is 1. The quantitative estimate of drug-likeness (QED) is 0.780. The molecule has 5 heteroatoms. The van der Waals surface area contributed by atoms with Crippen LogP contribution in [0.4, 0.5) is 0 Å². The van der Waals surface area contributed by atoms with Crippen molar-refractivity contribution in [2.75, 3.05) is 0 Å². The van der Waals surface area contributed by atoms with Crippen LogP contribution in [-0.4, -0.2) is 20.4 Å². The van der Waals surface area contributed by atoms with Gasteiger partial charge in [-0.25, -0.2) is 4.98 Å². The second kappa shape index (κ2) is 3.06. The van der Waals surface area contributed by atoms with Crippen LogP contribution in [0, 0.1) is 0 Å². The molecule has 4 nitrogen and oxygen atoms in total. The lowest BCUT2D eigenvalue weighted by atomic mass is 9.87. The Morgan fingerprint density at radius 1 is 1.54 bits per heavy atom. The van der Waals surface area contributed by atoms with Gasteiger partial charge < -0.3 is 5.11 Å². The number of rotatable bonds is 2. The van der Waals surface area contributed by atoms with E-state index in [9.17, 15) is 9.90 Å². The maximum atomic E-state index is 11.2. The van der Waals surface area contributed by atoms with Gasteiger partial charge in [-0.1, -0.05) is 12.8 Å². The fourth-order valence-electron chi connectivity index (χ4n) is 1.88. The van der Waals surface area contributed by atoms with Crippen LogP contribution in [-0.2, 0) is 10.2 Å². The normalized spacial score (nSPS) is 20.3. The molecule has 13 heavy (non-hydrogen) atoms. The first-order chi connectivity index (χ1) is 6.26. The fourth-order valence-corrected chi connectivity index (χ4v) is 2.64. The SMILES string of the molecule is O=C(O)C1(c2ncns2)CCCC1. The van der Waals surface area contributed by atoms with Crippen molar-refractivity contribution in [3.63, 3.8) is 0 Å². The van der Waals surface area contributed by atoms with Crippen molar-refractivity contribution in [3.05, 3.63) is 11.3 Å². The molecule has 1 fully saturated rings. The Balaban J connectivity index is 2.39. The van der Waals surface area contributed by atoms with Crippen molar-refractivity contribution in [2.45, 2.75) is 31.1 Å². The van der Waals surface area contributed by atoms with Crippen LogP contribution in [0.3, 0.4) is 0 Å². The number of hydrogen-bond acceptors (Lipinski definition) is 4. The third-order valence-electron chi connectivity index (χ3n) is 2.64. The van der Waals surface area contributed by atoms with Crippen molar-refractivity contribution in [3.8, 4) is 0 Å². The van der Waals surface area contributed by atoms with Crippen LogP contribution >= 0.6 is 11.5 Å². The van der Waals surface area contributed by atoms with Crippen LogP contribution in [0.2, 0.25) is 0 Å². The van der Waals surface area contributed by atoms with E-state index in [4.69, 9.17) is 0 Å². The second-order valence-electron chi connectivity index (χ2n) is 3.34. The Labute approximate surface area is 79.8 Å². The minimum absolute atomic E-state index is 0.664. The summed E-state index contributed by atoms with van der Waals surface area (Å²) in [4.78, 5) is 15.2. The third kappa shape index (κ3) is 1.23. The molecule has 1 aromatic heterocycles. The van der Waals surface area contributed by atoms with Crippen molar-refractivity contribution >= 4 is 17.5 Å². The van der Waals surface area contributed by atoms with E-state index in [-0.39, 0.29) is 0 Å². The van der Waals surface area contributed by atoms with Gasteiger partial charge in [0.15, 0.2) is 0 Å². The van der Waals surface area contributed by atoms with Crippen molar-refractivity contribution in [1.82, 2.24) is 9.36 Å². The topological polar surface area (TPSA) is 63.1 Å². The van der Waals surface area contributed by atoms with E-state index in [1.54, 1.807) is 0 Å². The van der Waals surface area contributed by atoms with Gasteiger partial charge in [0.2, 0.25) is 0 Å². The lowest BCUT2D eigenvalue weighted by Crippen LogP contribution is -2.32. The molecule has 1 aliphatic carbocycles. The first kappa shape index (κ1) is 8.62. The first-order valence-corrected chi connectivity index (χ1v) is 5.03. The minimum Gasteiger partial charge on any atom is -0.481 e. The van der Waals surface area contributed by atoms with Gasteiger partial charge in [-0.3, -0.25) is 4.79 Å². The zero-order chi connectivity index (χ0) is 9.31. The standard InChI is InChI=1S/C8H10N2O2S/c11-7(12)8(3-1-2-4-8)6-9-5-10-13-6/h5H,1-4H2,(H,11,12). The predicted octanol–water partition coefficient (Wildman–Crippen LogP) is 1.43. The Hall–Kier alpha value is -0.970. The van der Waals surface area contributed by atoms with E-state index in [0.717, 1.165) is 12.8 Å². The molecule has 0 aliphatic heterocycles.